The molecule has 2 rings (SSSR count). The van der Waals surface area contributed by atoms with E-state index in [0.717, 1.165) is 24.3 Å². The summed E-state index contributed by atoms with van der Waals surface area (Å²) in [6.07, 6.45) is 0.780. The maximum Gasteiger partial charge on any atom is 0.129 e. The zero-order valence-corrected chi connectivity index (χ0v) is 12.4. The second-order valence-electron chi connectivity index (χ2n) is 4.53. The van der Waals surface area contributed by atoms with Crippen LogP contribution < -0.4 is 11.1 Å². The highest BCUT2D eigenvalue weighted by atomic mass is 35.5. The lowest BCUT2D eigenvalue weighted by molar-refractivity contribution is 0.610. The van der Waals surface area contributed by atoms with Crippen LogP contribution in [0.1, 0.15) is 12.0 Å². The molecule has 108 valence electrons. The summed E-state index contributed by atoms with van der Waals surface area (Å²) in [7, 11) is 0. The first kappa shape index (κ1) is 15.3. The van der Waals surface area contributed by atoms with Gasteiger partial charge in [-0.3, -0.25) is 4.99 Å². The van der Waals surface area contributed by atoms with E-state index in [-0.39, 0.29) is 18.2 Å². The van der Waals surface area contributed by atoms with Crippen molar-refractivity contribution in [2.24, 2.45) is 10.7 Å². The van der Waals surface area contributed by atoms with Gasteiger partial charge in [-0.2, -0.15) is 0 Å². The molecule has 0 radical (unpaired) electrons. The summed E-state index contributed by atoms with van der Waals surface area (Å²) < 4.78 is 13.7. The predicted molar refractivity (Wildman–Crippen MR) is 82.0 cm³/mol. The molecule has 0 aliphatic carbocycles. The van der Waals surface area contributed by atoms with Crippen LogP contribution in [0.4, 0.5) is 4.39 Å². The summed E-state index contributed by atoms with van der Waals surface area (Å²) >= 11 is 11.8. The van der Waals surface area contributed by atoms with E-state index in [1.54, 1.807) is 12.1 Å². The largest absolute Gasteiger partial charge is 0.401 e. The second kappa shape index (κ2) is 7.07. The molecule has 1 fully saturated rings. The van der Waals surface area contributed by atoms with Crippen molar-refractivity contribution in [1.29, 1.82) is 0 Å². The highest BCUT2D eigenvalue weighted by molar-refractivity contribution is 6.31. The summed E-state index contributed by atoms with van der Waals surface area (Å²) in [5.41, 5.74) is 8.73. The van der Waals surface area contributed by atoms with E-state index in [9.17, 15) is 4.39 Å². The number of nitrogens with zero attached hydrogens (tertiary/aromatic N) is 1. The van der Waals surface area contributed by atoms with Crippen LogP contribution in [-0.2, 0) is 6.54 Å². The molecule has 1 saturated heterocycles. The Morgan fingerprint density at radius 2 is 2.25 bits per heavy atom. The van der Waals surface area contributed by atoms with Gasteiger partial charge in [0.15, 0.2) is 0 Å². The Kier molecular flexibility index (Phi) is 5.40. The second-order valence-corrected chi connectivity index (χ2v) is 5.20. The van der Waals surface area contributed by atoms with Crippen molar-refractivity contribution in [1.82, 2.24) is 5.32 Å². The molecule has 1 aromatic carbocycles. The molecular formula is C14H16Cl2FN3. The van der Waals surface area contributed by atoms with Crippen LogP contribution in [-0.4, -0.2) is 24.7 Å². The number of aliphatic imine (C=N–C) groups is 1. The van der Waals surface area contributed by atoms with E-state index >= 15 is 0 Å². The van der Waals surface area contributed by atoms with Crippen LogP contribution in [0.5, 0.6) is 0 Å². The molecule has 0 amide bonds. The zero-order valence-electron chi connectivity index (χ0n) is 10.9. The molecule has 6 heteroatoms. The Labute approximate surface area is 127 Å². The number of halogens is 3. The van der Waals surface area contributed by atoms with E-state index in [4.69, 9.17) is 28.9 Å². The number of piperidine rings is 1. The SMILES string of the molecule is N/C(CCl)=C1/CCNCC1=NCc1c(F)cccc1Cl. The molecule has 20 heavy (non-hydrogen) atoms. The van der Waals surface area contributed by atoms with Crippen LogP contribution in [0.3, 0.4) is 0 Å². The fourth-order valence-corrected chi connectivity index (χ4v) is 2.49. The molecule has 0 spiro atoms. The van der Waals surface area contributed by atoms with Crippen molar-refractivity contribution in [3.05, 3.63) is 45.9 Å². The van der Waals surface area contributed by atoms with Gasteiger partial charge in [0.25, 0.3) is 0 Å². The lowest BCUT2D eigenvalue weighted by Gasteiger charge is -2.20. The van der Waals surface area contributed by atoms with Gasteiger partial charge in [-0.05, 0) is 30.7 Å². The number of nitrogens with two attached hydrogens (primary N) is 1. The van der Waals surface area contributed by atoms with E-state index < -0.39 is 0 Å². The van der Waals surface area contributed by atoms with Crippen molar-refractivity contribution >= 4 is 28.9 Å². The molecule has 0 unspecified atom stereocenters. The van der Waals surface area contributed by atoms with Gasteiger partial charge in [-0.1, -0.05) is 17.7 Å². The Bertz CT molecular complexity index is 535. The number of rotatable bonds is 3. The number of benzene rings is 1. The molecule has 0 saturated carbocycles. The summed E-state index contributed by atoms with van der Waals surface area (Å²) in [5, 5.41) is 3.60. The van der Waals surface area contributed by atoms with E-state index in [1.807, 2.05) is 0 Å². The summed E-state index contributed by atoms with van der Waals surface area (Å²) in [5.74, 6) is -0.0732. The van der Waals surface area contributed by atoms with Crippen molar-refractivity contribution in [2.45, 2.75) is 13.0 Å². The van der Waals surface area contributed by atoms with Crippen LogP contribution >= 0.6 is 23.2 Å². The molecule has 1 aliphatic rings. The summed E-state index contributed by atoms with van der Waals surface area (Å²) in [4.78, 5) is 4.46. The van der Waals surface area contributed by atoms with Gasteiger partial charge in [0.1, 0.15) is 5.82 Å². The third-order valence-electron chi connectivity index (χ3n) is 3.21. The standard InChI is InChI=1S/C14H16Cl2FN3/c15-6-13(18)9-4-5-19-8-14(9)20-7-10-11(16)2-1-3-12(10)17/h1-3,19H,4-8,18H2/b13-9-,20-14?. The van der Waals surface area contributed by atoms with Crippen molar-refractivity contribution in [2.75, 3.05) is 19.0 Å². The van der Waals surface area contributed by atoms with Crippen molar-refractivity contribution in [3.63, 3.8) is 0 Å². The van der Waals surface area contributed by atoms with Gasteiger partial charge in [-0.15, -0.1) is 11.6 Å². The predicted octanol–water partition coefficient (Wildman–Crippen LogP) is 2.87. The van der Waals surface area contributed by atoms with Crippen molar-refractivity contribution < 1.29 is 4.39 Å². The summed E-state index contributed by atoms with van der Waals surface area (Å²) in [6, 6.07) is 4.61. The first-order valence-corrected chi connectivity index (χ1v) is 7.25. The average molecular weight is 316 g/mol. The molecule has 1 aliphatic heterocycles. The minimum absolute atomic E-state index is 0.196. The molecule has 0 bridgehead atoms. The maximum absolute atomic E-state index is 13.7. The Hall–Kier alpha value is -1.10. The average Bonchev–Trinajstić information content (AvgIpc) is 2.46. The first-order valence-electron chi connectivity index (χ1n) is 6.34. The van der Waals surface area contributed by atoms with Gasteiger partial charge >= 0.3 is 0 Å². The van der Waals surface area contributed by atoms with Crippen LogP contribution in [0.2, 0.25) is 5.02 Å². The molecule has 1 aromatic rings. The highest BCUT2D eigenvalue weighted by Crippen LogP contribution is 2.21. The number of allylic oxidation sites excluding steroid dienone is 1. The number of hydrogen-bond acceptors (Lipinski definition) is 3. The van der Waals surface area contributed by atoms with E-state index in [2.05, 4.69) is 10.3 Å². The number of nitrogens with one attached hydrogen (secondary N) is 1. The Morgan fingerprint density at radius 1 is 1.45 bits per heavy atom. The van der Waals surface area contributed by atoms with Crippen LogP contribution in [0, 0.1) is 5.82 Å². The zero-order chi connectivity index (χ0) is 14.5. The van der Waals surface area contributed by atoms with E-state index in [0.29, 0.717) is 22.8 Å². The van der Waals surface area contributed by atoms with Gasteiger partial charge in [0.05, 0.1) is 18.1 Å². The Balaban J connectivity index is 2.25. The monoisotopic (exact) mass is 315 g/mol. The molecule has 0 atom stereocenters. The minimum atomic E-state index is -0.346. The van der Waals surface area contributed by atoms with Gasteiger partial charge in [0.2, 0.25) is 0 Å². The lowest BCUT2D eigenvalue weighted by atomic mass is 10.0. The van der Waals surface area contributed by atoms with Gasteiger partial charge < -0.3 is 11.1 Å². The van der Waals surface area contributed by atoms with Crippen molar-refractivity contribution in [3.8, 4) is 0 Å². The topological polar surface area (TPSA) is 50.4 Å². The third kappa shape index (κ3) is 3.51. The lowest BCUT2D eigenvalue weighted by Crippen LogP contribution is -2.34. The fraction of sp³-hybridized carbons (Fsp3) is 0.357. The van der Waals surface area contributed by atoms with Crippen LogP contribution in [0.25, 0.3) is 0 Å². The normalized spacial score (nSPS) is 20.2. The maximum atomic E-state index is 13.7. The highest BCUT2D eigenvalue weighted by Gasteiger charge is 2.16. The van der Waals surface area contributed by atoms with Gasteiger partial charge in [-0.25, -0.2) is 4.39 Å². The fourth-order valence-electron chi connectivity index (χ4n) is 2.11. The molecule has 1 heterocycles. The smallest absolute Gasteiger partial charge is 0.129 e. The van der Waals surface area contributed by atoms with E-state index in [1.165, 1.54) is 6.07 Å². The molecule has 3 N–H and O–H groups in total. The first-order chi connectivity index (χ1) is 9.63. The quantitative estimate of drug-likeness (QED) is 0.843. The number of hydrogen-bond donors (Lipinski definition) is 2. The van der Waals surface area contributed by atoms with Gasteiger partial charge in [0, 0.05) is 22.8 Å². The number of alkyl halides is 1. The molecular weight excluding hydrogens is 300 g/mol. The Morgan fingerprint density at radius 3 is 2.95 bits per heavy atom. The van der Waals surface area contributed by atoms with Crippen LogP contribution in [0.15, 0.2) is 34.5 Å². The third-order valence-corrected chi connectivity index (χ3v) is 3.86. The molecule has 0 aromatic heterocycles. The summed E-state index contributed by atoms with van der Waals surface area (Å²) in [6.45, 7) is 1.65. The molecule has 3 nitrogen and oxygen atoms in total. The minimum Gasteiger partial charge on any atom is -0.401 e.